The quantitative estimate of drug-likeness (QED) is 0.0668. The zero-order valence-electron chi connectivity index (χ0n) is 25.9. The van der Waals surface area contributed by atoms with Crippen LogP contribution in [0.3, 0.4) is 0 Å². The van der Waals surface area contributed by atoms with Gasteiger partial charge in [-0.3, -0.25) is 4.79 Å². The van der Waals surface area contributed by atoms with Crippen molar-refractivity contribution in [2.75, 3.05) is 26.4 Å². The molecule has 0 aliphatic carbocycles. The van der Waals surface area contributed by atoms with Crippen LogP contribution in [0.25, 0.3) is 0 Å². The van der Waals surface area contributed by atoms with Crippen molar-refractivity contribution in [3.8, 4) is 0 Å². The van der Waals surface area contributed by atoms with Gasteiger partial charge in [0.25, 0.3) is 5.79 Å². The summed E-state index contributed by atoms with van der Waals surface area (Å²) in [6.07, 6.45) is 5.97. The molecule has 8 atom stereocenters. The molecular formula is C30H57NO12. The fourth-order valence-corrected chi connectivity index (χ4v) is 5.22. The molecule has 1 heterocycles. The maximum atomic E-state index is 12.2. The molecule has 0 saturated carbocycles. The smallest absolute Gasteiger partial charge is 0.367 e. The summed E-state index contributed by atoms with van der Waals surface area (Å²) < 4.78 is 16.1. The number of ether oxygens (including phenoxy) is 3. The second kappa shape index (κ2) is 22.1. The number of nitrogens with one attached hydrogen (secondary N) is 1. The van der Waals surface area contributed by atoms with Gasteiger partial charge in [-0.15, -0.1) is 0 Å². The molecular weight excluding hydrogens is 566 g/mol. The van der Waals surface area contributed by atoms with Crippen LogP contribution in [0.15, 0.2) is 0 Å². The summed E-state index contributed by atoms with van der Waals surface area (Å²) in [6.45, 7) is 1.90. The van der Waals surface area contributed by atoms with Gasteiger partial charge in [-0.2, -0.15) is 0 Å². The lowest BCUT2D eigenvalue weighted by Crippen LogP contribution is -2.74. The molecule has 0 aromatic heterocycles. The standard InChI is InChI=1S/C30H57NO12/c1-3-4-5-6-7-8-9-10-11-12-13-14-15-16-17-41-19-22(34)20-42-30(29(39)40)28(38)26(37)24(31-21(2)33)27(43-30)25(36)23(35)18-32/h22-28,32,34-38H,3-20H2,1-2H3,(H,31,33)(H,39,40)/t22-,23+,24+,25+,26+,27+,28-,30-/m0/s1. The van der Waals surface area contributed by atoms with Gasteiger partial charge in [0.05, 0.1) is 25.9 Å². The first kappa shape index (κ1) is 39.6. The van der Waals surface area contributed by atoms with E-state index in [2.05, 4.69) is 12.2 Å². The van der Waals surface area contributed by atoms with Gasteiger partial charge in [0, 0.05) is 13.5 Å². The molecule has 13 heteroatoms. The normalized spacial score (nSPS) is 26.1. The Kier molecular flexibility index (Phi) is 20.4. The number of carbonyl (C=O) groups is 2. The predicted octanol–water partition coefficient (Wildman–Crippen LogP) is 0.982. The molecule has 8 N–H and O–H groups in total. The number of hydrogen-bond acceptors (Lipinski definition) is 11. The third-order valence-electron chi connectivity index (χ3n) is 7.77. The van der Waals surface area contributed by atoms with E-state index < -0.39 is 73.5 Å². The number of aliphatic hydroxyl groups is 6. The minimum absolute atomic E-state index is 0.184. The number of aliphatic carboxylic acids is 1. The Bertz CT molecular complexity index is 759. The summed E-state index contributed by atoms with van der Waals surface area (Å²) in [5.74, 6) is -5.55. The molecule has 254 valence electrons. The Labute approximate surface area is 255 Å². The molecule has 13 nitrogen and oxygen atoms in total. The number of carbonyl (C=O) groups excluding carboxylic acids is 1. The third kappa shape index (κ3) is 14.0. The monoisotopic (exact) mass is 623 g/mol. The molecule has 0 unspecified atom stereocenters. The minimum atomic E-state index is -2.97. The summed E-state index contributed by atoms with van der Waals surface area (Å²) in [6, 6.07) is -1.56. The van der Waals surface area contributed by atoms with E-state index in [1.165, 1.54) is 70.6 Å². The van der Waals surface area contributed by atoms with Crippen molar-refractivity contribution in [3.63, 3.8) is 0 Å². The lowest BCUT2D eigenvalue weighted by Gasteiger charge is -2.49. The fourth-order valence-electron chi connectivity index (χ4n) is 5.22. The van der Waals surface area contributed by atoms with Gasteiger partial charge in [-0.25, -0.2) is 4.79 Å². The lowest BCUT2D eigenvalue weighted by atomic mass is 9.86. The first-order chi connectivity index (χ1) is 20.5. The van der Waals surface area contributed by atoms with Crippen molar-refractivity contribution in [1.82, 2.24) is 5.32 Å². The number of carboxylic acid groups (broad SMARTS) is 1. The molecule has 43 heavy (non-hydrogen) atoms. The average molecular weight is 624 g/mol. The van der Waals surface area contributed by atoms with Gasteiger partial charge in [0.2, 0.25) is 5.91 Å². The number of aliphatic hydroxyl groups excluding tert-OH is 6. The van der Waals surface area contributed by atoms with Crippen LogP contribution < -0.4 is 5.32 Å². The van der Waals surface area contributed by atoms with Crippen molar-refractivity contribution in [2.45, 2.75) is 152 Å². The first-order valence-corrected chi connectivity index (χ1v) is 15.9. The largest absolute Gasteiger partial charge is 0.477 e. The van der Waals surface area contributed by atoms with Gasteiger partial charge in [-0.05, 0) is 6.42 Å². The highest BCUT2D eigenvalue weighted by molar-refractivity contribution is 5.77. The van der Waals surface area contributed by atoms with E-state index in [-0.39, 0.29) is 6.61 Å². The first-order valence-electron chi connectivity index (χ1n) is 15.9. The molecule has 1 amide bonds. The Morgan fingerprint density at radius 2 is 1.37 bits per heavy atom. The van der Waals surface area contributed by atoms with Crippen molar-refractivity contribution in [3.05, 3.63) is 0 Å². The van der Waals surface area contributed by atoms with Crippen molar-refractivity contribution in [1.29, 1.82) is 0 Å². The maximum absolute atomic E-state index is 12.2. The highest BCUT2D eigenvalue weighted by Crippen LogP contribution is 2.34. The molecule has 0 aromatic rings. The molecule has 1 aliphatic rings. The van der Waals surface area contributed by atoms with Crippen LogP contribution in [0.1, 0.15) is 104 Å². The van der Waals surface area contributed by atoms with E-state index in [1.54, 1.807) is 0 Å². The van der Waals surface area contributed by atoms with Crippen molar-refractivity contribution in [2.24, 2.45) is 0 Å². The van der Waals surface area contributed by atoms with Crippen LogP contribution in [0.2, 0.25) is 0 Å². The van der Waals surface area contributed by atoms with E-state index in [9.17, 15) is 45.3 Å². The molecule has 0 spiro atoms. The van der Waals surface area contributed by atoms with Crippen LogP contribution in [0.5, 0.6) is 0 Å². The zero-order valence-corrected chi connectivity index (χ0v) is 25.9. The number of amides is 1. The highest BCUT2D eigenvalue weighted by atomic mass is 16.7. The minimum Gasteiger partial charge on any atom is -0.477 e. The number of unbranched alkanes of at least 4 members (excludes halogenated alkanes) is 13. The van der Waals surface area contributed by atoms with Gasteiger partial charge in [0.1, 0.15) is 36.6 Å². The Balaban J connectivity index is 2.41. The van der Waals surface area contributed by atoms with Gasteiger partial charge < -0.3 is 55.3 Å². The summed E-state index contributed by atoms with van der Waals surface area (Å²) >= 11 is 0. The Morgan fingerprint density at radius 3 is 1.84 bits per heavy atom. The van der Waals surface area contributed by atoms with E-state index in [1.807, 2.05) is 0 Å². The van der Waals surface area contributed by atoms with Gasteiger partial charge in [0.15, 0.2) is 0 Å². The number of hydrogen-bond donors (Lipinski definition) is 8. The number of rotatable bonds is 25. The zero-order chi connectivity index (χ0) is 32.3. The topological polar surface area (TPSA) is 215 Å². The number of carboxylic acids is 1. The van der Waals surface area contributed by atoms with Crippen LogP contribution in [0, 0.1) is 0 Å². The molecule has 1 aliphatic heterocycles. The molecule has 1 rings (SSSR count). The van der Waals surface area contributed by atoms with Gasteiger partial charge in [-0.1, -0.05) is 90.4 Å². The second-order valence-corrected chi connectivity index (χ2v) is 11.6. The molecule has 0 radical (unpaired) electrons. The second-order valence-electron chi connectivity index (χ2n) is 11.6. The Morgan fingerprint density at radius 1 is 0.860 bits per heavy atom. The lowest BCUT2D eigenvalue weighted by molar-refractivity contribution is -0.350. The van der Waals surface area contributed by atoms with Crippen LogP contribution in [0.4, 0.5) is 0 Å². The molecule has 1 fully saturated rings. The van der Waals surface area contributed by atoms with E-state index in [0.717, 1.165) is 26.2 Å². The Hall–Kier alpha value is -1.42. The van der Waals surface area contributed by atoms with Crippen LogP contribution in [-0.2, 0) is 23.8 Å². The SMILES string of the molecule is CCCCCCCCCCCCCCCCOC[C@H](O)CO[C@]1(C(=O)O)O[C@@H]([C@H](O)[C@H](O)CO)[C@H](NC(C)=O)[C@@H](O)[C@@H]1O. The fraction of sp³-hybridized carbons (Fsp3) is 0.933. The highest BCUT2D eigenvalue weighted by Gasteiger charge is 2.62. The summed E-state index contributed by atoms with van der Waals surface area (Å²) in [5.41, 5.74) is 0. The maximum Gasteiger partial charge on any atom is 0.367 e. The predicted molar refractivity (Wildman–Crippen MR) is 157 cm³/mol. The van der Waals surface area contributed by atoms with Crippen LogP contribution in [-0.4, -0.2) is 123 Å². The van der Waals surface area contributed by atoms with E-state index in [4.69, 9.17) is 14.2 Å². The van der Waals surface area contributed by atoms with Crippen molar-refractivity contribution < 1.29 is 59.5 Å². The van der Waals surface area contributed by atoms with E-state index >= 15 is 0 Å². The van der Waals surface area contributed by atoms with Crippen LogP contribution >= 0.6 is 0 Å². The van der Waals surface area contributed by atoms with E-state index in [0.29, 0.717) is 6.61 Å². The summed E-state index contributed by atoms with van der Waals surface area (Å²) in [4.78, 5) is 23.8. The third-order valence-corrected chi connectivity index (χ3v) is 7.77. The molecule has 0 bridgehead atoms. The summed E-state index contributed by atoms with van der Waals surface area (Å²) in [7, 11) is 0. The summed E-state index contributed by atoms with van der Waals surface area (Å²) in [5, 5.41) is 73.2. The van der Waals surface area contributed by atoms with Crippen molar-refractivity contribution >= 4 is 11.9 Å². The molecule has 1 saturated heterocycles. The molecule has 0 aromatic carbocycles. The average Bonchev–Trinajstić information content (AvgIpc) is 2.97. The van der Waals surface area contributed by atoms with Gasteiger partial charge >= 0.3 is 5.97 Å².